The molecule has 0 saturated carbocycles. The second-order valence-corrected chi connectivity index (χ2v) is 10.6. The predicted molar refractivity (Wildman–Crippen MR) is 133 cm³/mol. The number of halogens is 1. The zero-order valence-electron chi connectivity index (χ0n) is 19.0. The first-order chi connectivity index (χ1) is 16.7. The van der Waals surface area contributed by atoms with Crippen LogP contribution >= 0.6 is 23.4 Å². The molecule has 3 aromatic rings. The molecule has 3 fully saturated rings. The summed E-state index contributed by atoms with van der Waals surface area (Å²) in [5, 5.41) is 1.48. The van der Waals surface area contributed by atoms with E-state index >= 15 is 0 Å². The summed E-state index contributed by atoms with van der Waals surface area (Å²) < 4.78 is 11.1. The molecule has 0 radical (unpaired) electrons. The van der Waals surface area contributed by atoms with Gasteiger partial charge in [-0.2, -0.15) is 0 Å². The highest BCUT2D eigenvalue weighted by molar-refractivity contribution is 7.99. The summed E-state index contributed by atoms with van der Waals surface area (Å²) in [5.41, 5.74) is 1.83. The molecule has 3 saturated heterocycles. The van der Waals surface area contributed by atoms with Gasteiger partial charge in [-0.3, -0.25) is 0 Å². The monoisotopic (exact) mass is 498 g/mol. The molecular formula is C24H27ClN6O2S. The Morgan fingerprint density at radius 2 is 1.74 bits per heavy atom. The van der Waals surface area contributed by atoms with Crippen molar-refractivity contribution >= 4 is 46.2 Å². The normalized spacial score (nSPS) is 20.4. The Bertz CT molecular complexity index is 1180. The number of nitrogens with zero attached hydrogens (tertiary/aromatic N) is 6. The molecule has 3 aliphatic rings. The number of aromatic nitrogens is 4. The average molecular weight is 499 g/mol. The first-order valence-electron chi connectivity index (χ1n) is 11.8. The van der Waals surface area contributed by atoms with E-state index in [0.29, 0.717) is 29.3 Å². The highest BCUT2D eigenvalue weighted by Crippen LogP contribution is 2.40. The van der Waals surface area contributed by atoms with E-state index in [0.717, 1.165) is 79.3 Å². The second kappa shape index (κ2) is 9.45. The largest absolute Gasteiger partial charge is 0.381 e. The molecule has 0 unspecified atom stereocenters. The number of hydrogen-bond acceptors (Lipinski definition) is 9. The van der Waals surface area contributed by atoms with Gasteiger partial charge in [0.2, 0.25) is 0 Å². The third-order valence-electron chi connectivity index (χ3n) is 7.06. The molecule has 0 aromatic carbocycles. The molecule has 0 atom stereocenters. The first kappa shape index (κ1) is 22.3. The van der Waals surface area contributed by atoms with Crippen molar-refractivity contribution in [2.24, 2.45) is 5.41 Å². The molecular weight excluding hydrogens is 472 g/mol. The fourth-order valence-corrected chi connectivity index (χ4v) is 6.09. The summed E-state index contributed by atoms with van der Waals surface area (Å²) in [6, 6.07) is 5.91. The first-order valence-corrected chi connectivity index (χ1v) is 13.0. The Morgan fingerprint density at radius 1 is 0.882 bits per heavy atom. The second-order valence-electron chi connectivity index (χ2n) is 9.16. The van der Waals surface area contributed by atoms with Gasteiger partial charge in [-0.25, -0.2) is 19.9 Å². The Morgan fingerprint density at radius 3 is 2.53 bits per heavy atom. The van der Waals surface area contributed by atoms with E-state index in [2.05, 4.69) is 19.8 Å². The number of morpholine rings is 1. The summed E-state index contributed by atoms with van der Waals surface area (Å²) in [7, 11) is 0. The van der Waals surface area contributed by atoms with Crippen molar-refractivity contribution in [3.8, 4) is 0 Å². The van der Waals surface area contributed by atoms with Gasteiger partial charge in [0.25, 0.3) is 0 Å². The minimum absolute atomic E-state index is 0.379. The van der Waals surface area contributed by atoms with Crippen LogP contribution in [0.2, 0.25) is 5.02 Å². The summed E-state index contributed by atoms with van der Waals surface area (Å²) in [4.78, 5) is 24.2. The third kappa shape index (κ3) is 4.42. The summed E-state index contributed by atoms with van der Waals surface area (Å²) in [6.45, 7) is 6.76. The van der Waals surface area contributed by atoms with Crippen LogP contribution in [0.5, 0.6) is 0 Å². The van der Waals surface area contributed by atoms with E-state index in [1.807, 2.05) is 24.4 Å². The number of anilines is 2. The molecule has 0 bridgehead atoms. The van der Waals surface area contributed by atoms with Crippen LogP contribution in [0, 0.1) is 5.41 Å². The number of rotatable bonds is 4. The Labute approximate surface area is 208 Å². The number of pyridine rings is 2. The van der Waals surface area contributed by atoms with Gasteiger partial charge in [0.15, 0.2) is 5.65 Å². The SMILES string of the molecule is Clc1c(Sc2ccc3nc(N4CCC5(CCOC5)CC4)cnc3n2)ccnc1N1CCOCC1. The van der Waals surface area contributed by atoms with E-state index in [1.165, 1.54) is 18.2 Å². The van der Waals surface area contributed by atoms with Crippen molar-refractivity contribution in [3.05, 3.63) is 35.6 Å². The van der Waals surface area contributed by atoms with Gasteiger partial charge in [0.05, 0.1) is 31.0 Å². The molecule has 1 spiro atoms. The van der Waals surface area contributed by atoms with Gasteiger partial charge in [-0.1, -0.05) is 23.4 Å². The third-order valence-corrected chi connectivity index (χ3v) is 8.54. The molecule has 6 rings (SSSR count). The zero-order valence-corrected chi connectivity index (χ0v) is 20.5. The van der Waals surface area contributed by atoms with Gasteiger partial charge in [-0.05, 0) is 42.9 Å². The fraction of sp³-hybridized carbons (Fsp3) is 0.500. The topological polar surface area (TPSA) is 76.5 Å². The van der Waals surface area contributed by atoms with Crippen LogP contribution in [0.25, 0.3) is 11.2 Å². The molecule has 10 heteroatoms. The van der Waals surface area contributed by atoms with Crippen molar-refractivity contribution in [2.45, 2.75) is 29.2 Å². The van der Waals surface area contributed by atoms with Crippen LogP contribution < -0.4 is 9.80 Å². The van der Waals surface area contributed by atoms with Crippen molar-refractivity contribution in [2.75, 3.05) is 62.4 Å². The zero-order chi connectivity index (χ0) is 23.0. The lowest BCUT2D eigenvalue weighted by Crippen LogP contribution is -2.40. The predicted octanol–water partition coefficient (Wildman–Crippen LogP) is 4.07. The van der Waals surface area contributed by atoms with E-state index in [4.69, 9.17) is 31.0 Å². The van der Waals surface area contributed by atoms with E-state index in [9.17, 15) is 0 Å². The van der Waals surface area contributed by atoms with E-state index < -0.39 is 0 Å². The Balaban J connectivity index is 1.18. The Hall–Kier alpha value is -2.20. The summed E-state index contributed by atoms with van der Waals surface area (Å²) in [5.74, 6) is 1.73. The van der Waals surface area contributed by atoms with Crippen LogP contribution in [0.1, 0.15) is 19.3 Å². The molecule has 0 aliphatic carbocycles. The molecule has 178 valence electrons. The lowest BCUT2D eigenvalue weighted by atomic mass is 9.78. The molecule has 3 aromatic heterocycles. The van der Waals surface area contributed by atoms with Gasteiger partial charge < -0.3 is 19.3 Å². The van der Waals surface area contributed by atoms with Crippen molar-refractivity contribution in [3.63, 3.8) is 0 Å². The maximum Gasteiger partial charge on any atom is 0.179 e. The fourth-order valence-electron chi connectivity index (χ4n) is 4.94. The van der Waals surface area contributed by atoms with Crippen LogP contribution in [0.15, 0.2) is 40.5 Å². The lowest BCUT2D eigenvalue weighted by Gasteiger charge is -2.38. The molecule has 6 heterocycles. The maximum absolute atomic E-state index is 6.73. The van der Waals surface area contributed by atoms with E-state index in [-0.39, 0.29) is 0 Å². The molecule has 0 amide bonds. The number of fused-ring (bicyclic) bond motifs is 1. The van der Waals surface area contributed by atoms with Gasteiger partial charge in [0.1, 0.15) is 22.2 Å². The molecule has 34 heavy (non-hydrogen) atoms. The minimum atomic E-state index is 0.379. The standard InChI is InChI=1S/C24H27ClN6O2S/c25-21-18(3-7-26-23(21)31-10-13-32-14-11-31)34-20-2-1-17-22(29-20)27-15-19(28-17)30-8-4-24(5-9-30)6-12-33-16-24/h1-3,7,15H,4-6,8-14,16H2. The van der Waals surface area contributed by atoms with Crippen LogP contribution in [-0.4, -0.2) is 72.5 Å². The Kier molecular flexibility index (Phi) is 6.19. The van der Waals surface area contributed by atoms with Crippen LogP contribution in [0.4, 0.5) is 11.6 Å². The van der Waals surface area contributed by atoms with Crippen molar-refractivity contribution in [1.29, 1.82) is 0 Å². The van der Waals surface area contributed by atoms with Crippen molar-refractivity contribution < 1.29 is 9.47 Å². The van der Waals surface area contributed by atoms with Crippen LogP contribution in [0.3, 0.4) is 0 Å². The number of ether oxygens (including phenoxy) is 2. The highest BCUT2D eigenvalue weighted by Gasteiger charge is 2.38. The van der Waals surface area contributed by atoms with Gasteiger partial charge in [-0.15, -0.1) is 0 Å². The quantitative estimate of drug-likeness (QED) is 0.529. The highest BCUT2D eigenvalue weighted by atomic mass is 35.5. The van der Waals surface area contributed by atoms with Gasteiger partial charge in [0, 0.05) is 43.9 Å². The summed E-state index contributed by atoms with van der Waals surface area (Å²) in [6.07, 6.45) is 7.14. The average Bonchev–Trinajstić information content (AvgIpc) is 3.34. The number of piperidine rings is 1. The molecule has 0 N–H and O–H groups in total. The summed E-state index contributed by atoms with van der Waals surface area (Å²) >= 11 is 8.25. The molecule has 3 aliphatic heterocycles. The maximum atomic E-state index is 6.73. The van der Waals surface area contributed by atoms with Crippen molar-refractivity contribution in [1.82, 2.24) is 19.9 Å². The smallest absolute Gasteiger partial charge is 0.179 e. The van der Waals surface area contributed by atoms with E-state index in [1.54, 1.807) is 6.20 Å². The lowest BCUT2D eigenvalue weighted by molar-refractivity contribution is 0.122. The molecule has 8 nitrogen and oxygen atoms in total. The van der Waals surface area contributed by atoms with Crippen LogP contribution in [-0.2, 0) is 9.47 Å². The van der Waals surface area contributed by atoms with Gasteiger partial charge >= 0.3 is 0 Å². The number of hydrogen-bond donors (Lipinski definition) is 0. The minimum Gasteiger partial charge on any atom is -0.381 e.